The van der Waals surface area contributed by atoms with Crippen molar-refractivity contribution in [2.45, 2.75) is 26.7 Å². The first-order valence-corrected chi connectivity index (χ1v) is 6.19. The lowest BCUT2D eigenvalue weighted by atomic mass is 9.97. The first kappa shape index (κ1) is 12.2. The summed E-state index contributed by atoms with van der Waals surface area (Å²) < 4.78 is 11.6. The van der Waals surface area contributed by atoms with E-state index in [1.807, 2.05) is 6.07 Å². The third-order valence-electron chi connectivity index (χ3n) is 2.91. The summed E-state index contributed by atoms with van der Waals surface area (Å²) in [5, 5.41) is 0. The molecule has 94 valence electrons. The molecule has 2 rings (SSSR count). The fourth-order valence-corrected chi connectivity index (χ4v) is 1.83. The molecule has 2 N–H and O–H groups in total. The molecule has 0 aliphatic carbocycles. The lowest BCUT2D eigenvalue weighted by Gasteiger charge is -2.19. The van der Waals surface area contributed by atoms with Crippen LogP contribution in [0, 0.1) is 5.41 Å². The van der Waals surface area contributed by atoms with E-state index in [9.17, 15) is 0 Å². The minimum atomic E-state index is 0.0659. The van der Waals surface area contributed by atoms with Gasteiger partial charge in [-0.2, -0.15) is 0 Å². The van der Waals surface area contributed by atoms with Crippen molar-refractivity contribution in [3.05, 3.63) is 23.8 Å². The van der Waals surface area contributed by atoms with Crippen LogP contribution in [-0.2, 0) is 6.42 Å². The van der Waals surface area contributed by atoms with E-state index in [1.165, 1.54) is 5.56 Å². The predicted octanol–water partition coefficient (Wildman–Crippen LogP) is 2.38. The first-order valence-electron chi connectivity index (χ1n) is 6.19. The molecule has 0 unspecified atom stereocenters. The van der Waals surface area contributed by atoms with Gasteiger partial charge in [0.2, 0.25) is 0 Å². The molecule has 1 aromatic rings. The molecule has 0 atom stereocenters. The van der Waals surface area contributed by atoms with Crippen molar-refractivity contribution in [1.82, 2.24) is 0 Å². The summed E-state index contributed by atoms with van der Waals surface area (Å²) in [4.78, 5) is 0. The average molecular weight is 235 g/mol. The number of benzene rings is 1. The molecule has 0 amide bonds. The number of hydrogen-bond donors (Lipinski definition) is 1. The van der Waals surface area contributed by atoms with Gasteiger partial charge in [-0.1, -0.05) is 19.9 Å². The Morgan fingerprint density at radius 3 is 2.59 bits per heavy atom. The second-order valence-electron chi connectivity index (χ2n) is 5.41. The quantitative estimate of drug-likeness (QED) is 0.874. The van der Waals surface area contributed by atoms with Gasteiger partial charge < -0.3 is 15.2 Å². The zero-order valence-electron chi connectivity index (χ0n) is 10.7. The highest BCUT2D eigenvalue weighted by Crippen LogP contribution is 2.34. The van der Waals surface area contributed by atoms with Gasteiger partial charge in [0.15, 0.2) is 11.5 Å². The number of aryl methyl sites for hydroxylation is 1. The van der Waals surface area contributed by atoms with Crippen LogP contribution in [0.15, 0.2) is 18.2 Å². The summed E-state index contributed by atoms with van der Waals surface area (Å²) >= 11 is 0. The van der Waals surface area contributed by atoms with Crippen LogP contribution in [-0.4, -0.2) is 19.8 Å². The molecule has 0 fully saturated rings. The van der Waals surface area contributed by atoms with E-state index in [2.05, 4.69) is 26.0 Å². The second kappa shape index (κ2) is 4.96. The van der Waals surface area contributed by atoms with Gasteiger partial charge in [0.1, 0.15) is 0 Å². The Bertz CT molecular complexity index is 388. The Kier molecular flexibility index (Phi) is 3.57. The van der Waals surface area contributed by atoms with Gasteiger partial charge in [0, 0.05) is 5.41 Å². The summed E-state index contributed by atoms with van der Waals surface area (Å²) in [6.45, 7) is 6.41. The van der Waals surface area contributed by atoms with E-state index < -0.39 is 0 Å². The van der Waals surface area contributed by atoms with E-state index in [-0.39, 0.29) is 5.41 Å². The van der Waals surface area contributed by atoms with Gasteiger partial charge in [-0.05, 0) is 37.1 Å². The van der Waals surface area contributed by atoms with Crippen molar-refractivity contribution < 1.29 is 9.47 Å². The van der Waals surface area contributed by atoms with Crippen molar-refractivity contribution in [2.75, 3.05) is 19.8 Å². The Balaban J connectivity index is 2.14. The molecule has 0 aromatic heterocycles. The van der Waals surface area contributed by atoms with Crippen LogP contribution in [0.1, 0.15) is 25.8 Å². The topological polar surface area (TPSA) is 44.5 Å². The number of fused-ring (bicyclic) bond motifs is 1. The lowest BCUT2D eigenvalue weighted by molar-refractivity contribution is 0.140. The molecule has 0 saturated carbocycles. The molecule has 0 radical (unpaired) electrons. The summed E-state index contributed by atoms with van der Waals surface area (Å²) in [6.07, 6.45) is 2.00. The largest absolute Gasteiger partial charge is 0.489 e. The SMILES string of the molecule is CC1(C)COc2ccc(CCCN)cc2OC1. The normalized spacial score (nSPS) is 17.6. The molecule has 0 bridgehead atoms. The number of rotatable bonds is 3. The van der Waals surface area contributed by atoms with Crippen LogP contribution in [0.2, 0.25) is 0 Å². The number of nitrogens with two attached hydrogens (primary N) is 1. The zero-order chi connectivity index (χ0) is 12.3. The van der Waals surface area contributed by atoms with E-state index >= 15 is 0 Å². The molecule has 3 nitrogen and oxygen atoms in total. The summed E-state index contributed by atoms with van der Waals surface area (Å²) in [5.41, 5.74) is 6.85. The molecule has 1 aliphatic rings. The minimum Gasteiger partial charge on any atom is -0.489 e. The van der Waals surface area contributed by atoms with Crippen molar-refractivity contribution >= 4 is 0 Å². The van der Waals surface area contributed by atoms with E-state index in [0.29, 0.717) is 13.2 Å². The van der Waals surface area contributed by atoms with Crippen LogP contribution in [0.5, 0.6) is 11.5 Å². The molecule has 1 heterocycles. The molecule has 1 aliphatic heterocycles. The predicted molar refractivity (Wildman–Crippen MR) is 68.6 cm³/mol. The highest BCUT2D eigenvalue weighted by molar-refractivity contribution is 5.43. The maximum absolute atomic E-state index is 5.83. The zero-order valence-corrected chi connectivity index (χ0v) is 10.7. The van der Waals surface area contributed by atoms with Gasteiger partial charge >= 0.3 is 0 Å². The van der Waals surface area contributed by atoms with Crippen molar-refractivity contribution in [3.63, 3.8) is 0 Å². The van der Waals surface area contributed by atoms with Gasteiger partial charge in [-0.25, -0.2) is 0 Å². The standard InChI is InChI=1S/C14H21NO2/c1-14(2)9-16-12-6-5-11(4-3-7-15)8-13(12)17-10-14/h5-6,8H,3-4,7,9-10,15H2,1-2H3. The third-order valence-corrected chi connectivity index (χ3v) is 2.91. The highest BCUT2D eigenvalue weighted by Gasteiger charge is 2.25. The Labute approximate surface area is 103 Å². The van der Waals surface area contributed by atoms with Crippen LogP contribution < -0.4 is 15.2 Å². The Morgan fingerprint density at radius 1 is 1.18 bits per heavy atom. The molecule has 0 saturated heterocycles. The molecule has 3 heteroatoms. The Morgan fingerprint density at radius 2 is 1.88 bits per heavy atom. The molecular weight excluding hydrogens is 214 g/mol. The maximum atomic E-state index is 5.83. The molecule has 17 heavy (non-hydrogen) atoms. The number of hydrogen-bond acceptors (Lipinski definition) is 3. The molecule has 0 spiro atoms. The average Bonchev–Trinajstić information content (AvgIpc) is 2.46. The summed E-state index contributed by atoms with van der Waals surface area (Å²) in [7, 11) is 0. The van der Waals surface area contributed by atoms with E-state index in [0.717, 1.165) is 30.9 Å². The van der Waals surface area contributed by atoms with Crippen LogP contribution >= 0.6 is 0 Å². The molecular formula is C14H21NO2. The summed E-state index contributed by atoms with van der Waals surface area (Å²) in [6, 6.07) is 6.17. The van der Waals surface area contributed by atoms with Gasteiger partial charge in [-0.15, -0.1) is 0 Å². The monoisotopic (exact) mass is 235 g/mol. The van der Waals surface area contributed by atoms with Gasteiger partial charge in [0.05, 0.1) is 13.2 Å². The van der Waals surface area contributed by atoms with E-state index in [1.54, 1.807) is 0 Å². The smallest absolute Gasteiger partial charge is 0.161 e. The maximum Gasteiger partial charge on any atom is 0.161 e. The summed E-state index contributed by atoms with van der Waals surface area (Å²) in [5.74, 6) is 1.72. The number of ether oxygens (including phenoxy) is 2. The van der Waals surface area contributed by atoms with Crippen LogP contribution in [0.25, 0.3) is 0 Å². The first-order chi connectivity index (χ1) is 8.11. The van der Waals surface area contributed by atoms with Gasteiger partial charge in [0.25, 0.3) is 0 Å². The fourth-order valence-electron chi connectivity index (χ4n) is 1.83. The van der Waals surface area contributed by atoms with Crippen LogP contribution in [0.4, 0.5) is 0 Å². The highest BCUT2D eigenvalue weighted by atomic mass is 16.5. The Hall–Kier alpha value is -1.22. The van der Waals surface area contributed by atoms with Crippen molar-refractivity contribution in [2.24, 2.45) is 11.1 Å². The fraction of sp³-hybridized carbons (Fsp3) is 0.571. The lowest BCUT2D eigenvalue weighted by Crippen LogP contribution is -2.26. The van der Waals surface area contributed by atoms with Gasteiger partial charge in [-0.3, -0.25) is 0 Å². The minimum absolute atomic E-state index is 0.0659. The third kappa shape index (κ3) is 3.13. The van der Waals surface area contributed by atoms with Crippen molar-refractivity contribution in [1.29, 1.82) is 0 Å². The van der Waals surface area contributed by atoms with Crippen LogP contribution in [0.3, 0.4) is 0 Å². The second-order valence-corrected chi connectivity index (χ2v) is 5.41. The van der Waals surface area contributed by atoms with E-state index in [4.69, 9.17) is 15.2 Å². The molecule has 1 aromatic carbocycles. The van der Waals surface area contributed by atoms with Crippen molar-refractivity contribution in [3.8, 4) is 11.5 Å².